The van der Waals surface area contributed by atoms with Gasteiger partial charge >= 0.3 is 0 Å². The van der Waals surface area contributed by atoms with Gasteiger partial charge in [-0.3, -0.25) is 29.1 Å². The van der Waals surface area contributed by atoms with E-state index in [1.54, 1.807) is 13.8 Å². The van der Waals surface area contributed by atoms with Crippen molar-refractivity contribution in [2.45, 2.75) is 46.1 Å². The highest BCUT2D eigenvalue weighted by Crippen LogP contribution is 2.30. The maximum absolute atomic E-state index is 12.6. The fourth-order valence-electron chi connectivity index (χ4n) is 2.92. The number of amides is 1. The third kappa shape index (κ3) is 5.99. The van der Waals surface area contributed by atoms with Crippen LogP contribution in [0.2, 0.25) is 0 Å². The monoisotopic (exact) mass is 465 g/mol. The molecule has 32 heavy (non-hydrogen) atoms. The lowest BCUT2D eigenvalue weighted by atomic mass is 9.87. The molecular weight excluding hydrogens is 438 g/mol. The summed E-state index contributed by atoms with van der Waals surface area (Å²) in [5, 5.41) is 27.8. The summed E-state index contributed by atoms with van der Waals surface area (Å²) in [5.41, 5.74) is -1.07. The molecule has 1 aromatic rings. The Morgan fingerprint density at radius 1 is 1.25 bits per heavy atom. The molecule has 174 valence electrons. The van der Waals surface area contributed by atoms with Crippen LogP contribution in [0, 0.1) is 5.41 Å². The first-order valence-electron chi connectivity index (χ1n) is 10.1. The van der Waals surface area contributed by atoms with Gasteiger partial charge in [-0.15, -0.1) is 11.8 Å². The van der Waals surface area contributed by atoms with Crippen LogP contribution in [0.25, 0.3) is 0 Å². The average molecular weight is 466 g/mol. The lowest BCUT2D eigenvalue weighted by Gasteiger charge is -2.27. The highest BCUT2D eigenvalue weighted by atomic mass is 32.2. The van der Waals surface area contributed by atoms with Crippen LogP contribution in [0.3, 0.4) is 0 Å². The maximum Gasteiger partial charge on any atom is 0.249 e. The fourth-order valence-corrected chi connectivity index (χ4v) is 3.89. The van der Waals surface area contributed by atoms with E-state index in [0.29, 0.717) is 6.42 Å². The molecule has 0 unspecified atom stereocenters. The van der Waals surface area contributed by atoms with Crippen molar-refractivity contribution in [3.63, 3.8) is 0 Å². The van der Waals surface area contributed by atoms with Gasteiger partial charge in [0, 0.05) is 43.6 Å². The number of ketones is 4. The number of Topliss-reactive ketones (excluding diaryl/α,β-unsaturated/α-hetero) is 3. The largest absolute Gasteiger partial charge is 0.396 e. The third-order valence-electron chi connectivity index (χ3n) is 5.03. The zero-order chi connectivity index (χ0) is 24.1. The van der Waals surface area contributed by atoms with Crippen molar-refractivity contribution in [3.8, 4) is 0 Å². The normalized spacial score (nSPS) is 14.6. The Morgan fingerprint density at radius 2 is 1.94 bits per heavy atom. The molecule has 10 nitrogen and oxygen atoms in total. The van der Waals surface area contributed by atoms with Crippen molar-refractivity contribution in [1.82, 2.24) is 15.5 Å². The van der Waals surface area contributed by atoms with E-state index in [9.17, 15) is 34.2 Å². The van der Waals surface area contributed by atoms with Crippen molar-refractivity contribution < 1.29 is 34.2 Å². The fraction of sp³-hybridized carbons (Fsp3) is 0.524. The van der Waals surface area contributed by atoms with E-state index in [-0.39, 0.29) is 59.4 Å². The second-order valence-electron chi connectivity index (χ2n) is 8.16. The minimum Gasteiger partial charge on any atom is -0.396 e. The average Bonchev–Trinajstić information content (AvgIpc) is 3.20. The highest BCUT2D eigenvalue weighted by Gasteiger charge is 2.33. The molecule has 0 spiro atoms. The first-order chi connectivity index (χ1) is 15.0. The minimum atomic E-state index is -1.36. The Hall–Kier alpha value is -2.63. The number of nitrogens with zero attached hydrogens (tertiary/aromatic N) is 1. The Bertz CT molecular complexity index is 965. The van der Waals surface area contributed by atoms with Gasteiger partial charge in [-0.2, -0.15) is 5.10 Å². The summed E-state index contributed by atoms with van der Waals surface area (Å²) in [6.07, 6.45) is 0.559. The third-order valence-corrected chi connectivity index (χ3v) is 6.05. The topological polar surface area (TPSA) is 167 Å². The second kappa shape index (κ2) is 10.8. The molecule has 1 aliphatic rings. The molecule has 1 aromatic heterocycles. The Kier molecular flexibility index (Phi) is 8.65. The van der Waals surface area contributed by atoms with Gasteiger partial charge in [-0.05, 0) is 6.42 Å². The molecule has 0 radical (unpaired) electrons. The van der Waals surface area contributed by atoms with E-state index in [4.69, 9.17) is 0 Å². The summed E-state index contributed by atoms with van der Waals surface area (Å²) in [4.78, 5) is 60.6. The highest BCUT2D eigenvalue weighted by molar-refractivity contribution is 8.04. The van der Waals surface area contributed by atoms with E-state index in [1.165, 1.54) is 13.0 Å². The van der Waals surface area contributed by atoms with Crippen LogP contribution in [0.15, 0.2) is 11.0 Å². The minimum absolute atomic E-state index is 0.00447. The lowest BCUT2D eigenvalue weighted by molar-refractivity contribution is -0.137. The quantitative estimate of drug-likeness (QED) is 0.258. The molecule has 4 N–H and O–H groups in total. The number of aromatic amines is 1. The van der Waals surface area contributed by atoms with Gasteiger partial charge in [-0.25, -0.2) is 0 Å². The van der Waals surface area contributed by atoms with Gasteiger partial charge < -0.3 is 15.5 Å². The molecular formula is C21H27N3O7S. The van der Waals surface area contributed by atoms with Gasteiger partial charge in [-0.1, -0.05) is 13.8 Å². The SMILES string of the molecule is CC(=O)c1n[nH]c2c1C(=O)C(SCCC(=O)CCCNC(=O)[C@H](O)C(C)(C)CO)=CC2=O. The van der Waals surface area contributed by atoms with Crippen molar-refractivity contribution in [1.29, 1.82) is 0 Å². The Balaban J connectivity index is 1.76. The van der Waals surface area contributed by atoms with Gasteiger partial charge in [0.05, 0.1) is 17.1 Å². The van der Waals surface area contributed by atoms with Gasteiger partial charge in [0.15, 0.2) is 5.78 Å². The number of carbonyl (C=O) groups excluding carboxylic acids is 5. The summed E-state index contributed by atoms with van der Waals surface area (Å²) in [7, 11) is 0. The predicted molar refractivity (Wildman–Crippen MR) is 117 cm³/mol. The smallest absolute Gasteiger partial charge is 0.249 e. The maximum atomic E-state index is 12.6. The molecule has 0 fully saturated rings. The number of H-pyrrole nitrogens is 1. The number of aliphatic hydroxyl groups is 2. The van der Waals surface area contributed by atoms with E-state index < -0.39 is 34.8 Å². The number of hydrogen-bond donors (Lipinski definition) is 4. The van der Waals surface area contributed by atoms with Gasteiger partial charge in [0.25, 0.3) is 0 Å². The summed E-state index contributed by atoms with van der Waals surface area (Å²) < 4.78 is 0. The van der Waals surface area contributed by atoms with E-state index in [2.05, 4.69) is 15.5 Å². The molecule has 1 atom stereocenters. The van der Waals surface area contributed by atoms with Crippen LogP contribution in [0.5, 0.6) is 0 Å². The number of nitrogens with one attached hydrogen (secondary N) is 2. The number of allylic oxidation sites excluding steroid dienone is 2. The molecule has 0 aliphatic heterocycles. The van der Waals surface area contributed by atoms with Crippen molar-refractivity contribution >= 4 is 40.8 Å². The van der Waals surface area contributed by atoms with E-state index in [1.807, 2.05) is 0 Å². The van der Waals surface area contributed by atoms with Crippen molar-refractivity contribution in [2.24, 2.45) is 5.41 Å². The van der Waals surface area contributed by atoms with Crippen LogP contribution in [-0.4, -0.2) is 74.5 Å². The number of rotatable bonds is 12. The first-order valence-corrected chi connectivity index (χ1v) is 11.1. The number of hydrogen-bond acceptors (Lipinski definition) is 9. The van der Waals surface area contributed by atoms with Gasteiger partial charge in [0.1, 0.15) is 23.3 Å². The second-order valence-corrected chi connectivity index (χ2v) is 9.30. The summed E-state index contributed by atoms with van der Waals surface area (Å²) in [6, 6.07) is 0. The molecule has 0 aromatic carbocycles. The van der Waals surface area contributed by atoms with Crippen LogP contribution in [-0.2, 0) is 9.59 Å². The molecule has 1 aliphatic carbocycles. The number of aliphatic hydroxyl groups excluding tert-OH is 2. The van der Waals surface area contributed by atoms with Crippen molar-refractivity contribution in [3.05, 3.63) is 27.9 Å². The molecule has 2 rings (SSSR count). The van der Waals surface area contributed by atoms with Crippen LogP contribution < -0.4 is 5.32 Å². The number of thioether (sulfide) groups is 1. The first kappa shape index (κ1) is 25.6. The predicted octanol–water partition coefficient (Wildman–Crippen LogP) is 0.843. The Morgan fingerprint density at radius 3 is 2.56 bits per heavy atom. The zero-order valence-electron chi connectivity index (χ0n) is 18.2. The van der Waals surface area contributed by atoms with Crippen LogP contribution in [0.4, 0.5) is 0 Å². The molecule has 11 heteroatoms. The molecule has 1 heterocycles. The molecule has 0 saturated heterocycles. The summed E-state index contributed by atoms with van der Waals surface area (Å²) in [6.45, 7) is 4.24. The van der Waals surface area contributed by atoms with Gasteiger partial charge in [0.2, 0.25) is 17.5 Å². The van der Waals surface area contributed by atoms with Crippen LogP contribution in [0.1, 0.15) is 71.4 Å². The van der Waals surface area contributed by atoms with Crippen molar-refractivity contribution in [2.75, 3.05) is 18.9 Å². The summed E-state index contributed by atoms with van der Waals surface area (Å²) in [5.74, 6) is -1.75. The lowest BCUT2D eigenvalue weighted by Crippen LogP contribution is -2.45. The molecule has 0 bridgehead atoms. The summed E-state index contributed by atoms with van der Waals surface area (Å²) >= 11 is 1.07. The zero-order valence-corrected chi connectivity index (χ0v) is 19.0. The number of aromatic nitrogens is 2. The molecule has 0 saturated carbocycles. The van der Waals surface area contributed by atoms with Crippen LogP contribution >= 0.6 is 11.8 Å². The van der Waals surface area contributed by atoms with E-state index in [0.717, 1.165) is 11.8 Å². The number of carbonyl (C=O) groups is 5. The van der Waals surface area contributed by atoms with E-state index >= 15 is 0 Å². The molecule has 1 amide bonds. The standard InChI is InChI=1S/C21H27N3O7S/c1-11(26)16-15-17(24-23-16)13(28)9-14(18(15)29)32-8-6-12(27)5-4-7-22-20(31)19(30)21(2,3)10-25/h9,19,25,30H,4-8,10H2,1-3H3,(H,22,31)(H,23,24)/t19-/m0/s1. The number of fused-ring (bicyclic) bond motifs is 1. The Labute approximate surface area is 189 Å².